The van der Waals surface area contributed by atoms with Crippen molar-refractivity contribution in [1.82, 2.24) is 0 Å². The summed E-state index contributed by atoms with van der Waals surface area (Å²) in [5.74, 6) is 2.88. The SMILES string of the molecule is O=C(O)CC1(CSC2CCOC3(CCSCC3)C2)CC1. The summed E-state index contributed by atoms with van der Waals surface area (Å²) in [6.45, 7) is 0.897. The van der Waals surface area contributed by atoms with Crippen LogP contribution in [0.15, 0.2) is 0 Å². The molecule has 3 aliphatic rings. The van der Waals surface area contributed by atoms with Gasteiger partial charge in [-0.05, 0) is 61.2 Å². The second-order valence-corrected chi connectivity index (χ2v) is 9.15. The van der Waals surface area contributed by atoms with E-state index in [0.717, 1.165) is 31.6 Å². The van der Waals surface area contributed by atoms with Gasteiger partial charge in [0.1, 0.15) is 0 Å². The first-order chi connectivity index (χ1) is 9.62. The van der Waals surface area contributed by atoms with E-state index < -0.39 is 5.97 Å². The highest BCUT2D eigenvalue weighted by Crippen LogP contribution is 2.52. The number of carboxylic acid groups (broad SMARTS) is 1. The highest BCUT2D eigenvalue weighted by atomic mass is 32.2. The van der Waals surface area contributed by atoms with Crippen molar-refractivity contribution < 1.29 is 14.6 Å². The third-order valence-electron chi connectivity index (χ3n) is 4.96. The summed E-state index contributed by atoms with van der Waals surface area (Å²) >= 11 is 4.07. The quantitative estimate of drug-likeness (QED) is 0.842. The summed E-state index contributed by atoms with van der Waals surface area (Å²) in [6, 6.07) is 0. The van der Waals surface area contributed by atoms with Crippen molar-refractivity contribution in [2.45, 2.75) is 55.8 Å². The molecule has 1 N–H and O–H groups in total. The molecule has 0 aromatic heterocycles. The predicted molar refractivity (Wildman–Crippen MR) is 84.6 cm³/mol. The van der Waals surface area contributed by atoms with Crippen molar-refractivity contribution in [1.29, 1.82) is 0 Å². The average molecular weight is 316 g/mol. The van der Waals surface area contributed by atoms with E-state index in [-0.39, 0.29) is 11.0 Å². The fourth-order valence-electron chi connectivity index (χ4n) is 3.38. The Morgan fingerprint density at radius 1 is 1.30 bits per heavy atom. The first kappa shape index (κ1) is 15.0. The molecule has 0 bridgehead atoms. The molecule has 1 aliphatic carbocycles. The van der Waals surface area contributed by atoms with Crippen molar-refractivity contribution in [3.8, 4) is 0 Å². The van der Waals surface area contributed by atoms with Crippen LogP contribution in [0.2, 0.25) is 0 Å². The Hall–Kier alpha value is 0.130. The summed E-state index contributed by atoms with van der Waals surface area (Å²) in [7, 11) is 0. The summed E-state index contributed by atoms with van der Waals surface area (Å²) in [6.07, 6.45) is 7.31. The minimum Gasteiger partial charge on any atom is -0.481 e. The van der Waals surface area contributed by atoms with Gasteiger partial charge in [-0.1, -0.05) is 0 Å². The fraction of sp³-hybridized carbons (Fsp3) is 0.933. The Morgan fingerprint density at radius 3 is 2.70 bits per heavy atom. The number of hydrogen-bond donors (Lipinski definition) is 1. The second kappa shape index (κ2) is 6.09. The van der Waals surface area contributed by atoms with E-state index in [1.165, 1.54) is 30.8 Å². The topological polar surface area (TPSA) is 46.5 Å². The molecule has 5 heteroatoms. The minimum absolute atomic E-state index is 0.129. The highest BCUT2D eigenvalue weighted by molar-refractivity contribution is 8.00. The fourth-order valence-corrected chi connectivity index (χ4v) is 6.28. The van der Waals surface area contributed by atoms with E-state index in [2.05, 4.69) is 0 Å². The van der Waals surface area contributed by atoms with Gasteiger partial charge >= 0.3 is 5.97 Å². The Kier molecular flexibility index (Phi) is 4.58. The first-order valence-corrected chi connectivity index (χ1v) is 9.87. The molecule has 2 heterocycles. The number of aliphatic carboxylic acids is 1. The number of thioether (sulfide) groups is 2. The molecule has 114 valence electrons. The van der Waals surface area contributed by atoms with Crippen LogP contribution in [0.3, 0.4) is 0 Å². The summed E-state index contributed by atoms with van der Waals surface area (Å²) in [5, 5.41) is 9.67. The van der Waals surface area contributed by atoms with Crippen LogP contribution in [0.5, 0.6) is 0 Å². The minimum atomic E-state index is -0.629. The van der Waals surface area contributed by atoms with Gasteiger partial charge in [0, 0.05) is 11.9 Å². The Balaban J connectivity index is 1.49. The first-order valence-electron chi connectivity index (χ1n) is 7.67. The van der Waals surface area contributed by atoms with Crippen LogP contribution in [-0.4, -0.2) is 45.8 Å². The van der Waals surface area contributed by atoms with Crippen LogP contribution < -0.4 is 0 Å². The van der Waals surface area contributed by atoms with Crippen LogP contribution in [0.4, 0.5) is 0 Å². The number of hydrogen-bond acceptors (Lipinski definition) is 4. The number of carboxylic acids is 1. The molecule has 0 aromatic rings. The van der Waals surface area contributed by atoms with Crippen LogP contribution >= 0.6 is 23.5 Å². The molecule has 0 radical (unpaired) electrons. The van der Waals surface area contributed by atoms with E-state index in [1.807, 2.05) is 23.5 Å². The maximum atomic E-state index is 10.9. The number of rotatable bonds is 5. The molecule has 0 amide bonds. The van der Waals surface area contributed by atoms with Crippen molar-refractivity contribution in [3.63, 3.8) is 0 Å². The molecule has 3 rings (SSSR count). The lowest BCUT2D eigenvalue weighted by atomic mass is 9.88. The molecule has 2 saturated heterocycles. The molecule has 2 aliphatic heterocycles. The van der Waals surface area contributed by atoms with E-state index in [0.29, 0.717) is 11.7 Å². The Morgan fingerprint density at radius 2 is 2.05 bits per heavy atom. The third-order valence-corrected chi connectivity index (χ3v) is 7.60. The van der Waals surface area contributed by atoms with Crippen molar-refractivity contribution in [2.75, 3.05) is 23.9 Å². The zero-order valence-electron chi connectivity index (χ0n) is 11.9. The molecule has 3 fully saturated rings. The van der Waals surface area contributed by atoms with E-state index in [9.17, 15) is 4.79 Å². The Labute approximate surface area is 129 Å². The van der Waals surface area contributed by atoms with Gasteiger partial charge in [0.15, 0.2) is 0 Å². The lowest BCUT2D eigenvalue weighted by molar-refractivity contribution is -0.138. The van der Waals surface area contributed by atoms with Crippen LogP contribution in [0.1, 0.15) is 44.9 Å². The molecule has 3 nitrogen and oxygen atoms in total. The van der Waals surface area contributed by atoms with Gasteiger partial charge in [-0.25, -0.2) is 0 Å². The van der Waals surface area contributed by atoms with Gasteiger partial charge in [-0.2, -0.15) is 23.5 Å². The molecule has 0 aromatic carbocycles. The van der Waals surface area contributed by atoms with Gasteiger partial charge < -0.3 is 9.84 Å². The maximum Gasteiger partial charge on any atom is 0.303 e. The van der Waals surface area contributed by atoms with Gasteiger partial charge in [0.05, 0.1) is 12.0 Å². The smallest absolute Gasteiger partial charge is 0.303 e. The van der Waals surface area contributed by atoms with Crippen molar-refractivity contribution in [3.05, 3.63) is 0 Å². The zero-order chi connectivity index (χ0) is 14.1. The van der Waals surface area contributed by atoms with E-state index >= 15 is 0 Å². The zero-order valence-corrected chi connectivity index (χ0v) is 13.6. The van der Waals surface area contributed by atoms with Gasteiger partial charge in [0.25, 0.3) is 0 Å². The summed E-state index contributed by atoms with van der Waals surface area (Å²) in [4.78, 5) is 10.9. The van der Waals surface area contributed by atoms with Crippen LogP contribution in [0, 0.1) is 5.41 Å². The lowest BCUT2D eigenvalue weighted by Gasteiger charge is -2.43. The van der Waals surface area contributed by atoms with Crippen LogP contribution in [-0.2, 0) is 9.53 Å². The number of carbonyl (C=O) groups is 1. The van der Waals surface area contributed by atoms with Crippen molar-refractivity contribution in [2.24, 2.45) is 5.41 Å². The molecular formula is C15H24O3S2. The summed E-state index contributed by atoms with van der Waals surface area (Å²) < 4.78 is 6.13. The van der Waals surface area contributed by atoms with E-state index in [1.54, 1.807) is 0 Å². The van der Waals surface area contributed by atoms with Crippen LogP contribution in [0.25, 0.3) is 0 Å². The number of ether oxygens (including phenoxy) is 1. The van der Waals surface area contributed by atoms with Crippen molar-refractivity contribution >= 4 is 29.5 Å². The molecule has 1 saturated carbocycles. The predicted octanol–water partition coefficient (Wildman–Crippen LogP) is 3.42. The summed E-state index contributed by atoms with van der Waals surface area (Å²) in [5.41, 5.74) is 0.287. The second-order valence-electron chi connectivity index (χ2n) is 6.64. The third kappa shape index (κ3) is 3.66. The molecular weight excluding hydrogens is 292 g/mol. The molecule has 1 unspecified atom stereocenters. The monoisotopic (exact) mass is 316 g/mol. The molecule has 1 atom stereocenters. The van der Waals surface area contributed by atoms with Gasteiger partial charge in [0.2, 0.25) is 0 Å². The molecule has 20 heavy (non-hydrogen) atoms. The normalized spacial score (nSPS) is 31.1. The van der Waals surface area contributed by atoms with Gasteiger partial charge in [-0.15, -0.1) is 0 Å². The Bertz CT molecular complexity index is 357. The standard InChI is InChI=1S/C15H24O3S2/c16-13(17)10-14(2-3-14)11-20-12-1-6-18-15(9-12)4-7-19-8-5-15/h12H,1-11H2,(H,16,17). The molecule has 1 spiro atoms. The maximum absolute atomic E-state index is 10.9. The largest absolute Gasteiger partial charge is 0.481 e. The highest BCUT2D eigenvalue weighted by Gasteiger charge is 2.46. The average Bonchev–Trinajstić information content (AvgIpc) is 3.17. The van der Waals surface area contributed by atoms with Gasteiger partial charge in [-0.3, -0.25) is 4.79 Å². The lowest BCUT2D eigenvalue weighted by Crippen LogP contribution is -2.43. The van der Waals surface area contributed by atoms with E-state index in [4.69, 9.17) is 9.84 Å².